The number of piperidine rings is 1. The fourth-order valence-electron chi connectivity index (χ4n) is 6.02. The van der Waals surface area contributed by atoms with E-state index in [1.807, 2.05) is 32.9 Å². The van der Waals surface area contributed by atoms with E-state index >= 15 is 0 Å². The van der Waals surface area contributed by atoms with Crippen LogP contribution in [0.15, 0.2) is 40.4 Å². The van der Waals surface area contributed by atoms with Gasteiger partial charge in [0.2, 0.25) is 0 Å². The molecule has 1 fully saturated rings. The summed E-state index contributed by atoms with van der Waals surface area (Å²) in [5.74, 6) is 0.296. The van der Waals surface area contributed by atoms with E-state index in [0.717, 1.165) is 51.0 Å². The summed E-state index contributed by atoms with van der Waals surface area (Å²) in [6.45, 7) is 18.8. The molecular weight excluding hydrogens is 541 g/mol. The molecule has 0 saturated carbocycles. The van der Waals surface area contributed by atoms with Gasteiger partial charge in [-0.3, -0.25) is 4.90 Å². The van der Waals surface area contributed by atoms with Gasteiger partial charge in [-0.15, -0.1) is 0 Å². The van der Waals surface area contributed by atoms with Crippen molar-refractivity contribution >= 4 is 12.8 Å². The minimum Gasteiger partial charge on any atom is -0.508 e. The van der Waals surface area contributed by atoms with Crippen LogP contribution in [0.4, 0.5) is 13.2 Å². The lowest BCUT2D eigenvalue weighted by molar-refractivity contribution is -0.265. The van der Waals surface area contributed by atoms with Crippen molar-refractivity contribution in [3.05, 3.63) is 52.3 Å². The summed E-state index contributed by atoms with van der Waals surface area (Å²) in [7, 11) is 0. The molecular formula is C33H53F3N4O2. The van der Waals surface area contributed by atoms with Gasteiger partial charge in [-0.1, -0.05) is 40.2 Å². The maximum atomic E-state index is 14.3. The fourth-order valence-corrected chi connectivity index (χ4v) is 6.02. The second-order valence-electron chi connectivity index (χ2n) is 11.5. The van der Waals surface area contributed by atoms with Crippen LogP contribution >= 0.6 is 0 Å². The summed E-state index contributed by atoms with van der Waals surface area (Å²) in [5.41, 5.74) is -0.521. The Morgan fingerprint density at radius 2 is 1.90 bits per heavy atom. The normalized spacial score (nSPS) is 20.5. The quantitative estimate of drug-likeness (QED) is 0.203. The second-order valence-corrected chi connectivity index (χ2v) is 11.5. The number of hydrogen-bond donors (Lipinski definition) is 3. The monoisotopic (exact) mass is 594 g/mol. The van der Waals surface area contributed by atoms with Crippen molar-refractivity contribution in [1.29, 1.82) is 0 Å². The van der Waals surface area contributed by atoms with Gasteiger partial charge in [0.1, 0.15) is 11.6 Å². The van der Waals surface area contributed by atoms with Gasteiger partial charge in [0.25, 0.3) is 0 Å². The molecule has 9 heteroatoms. The van der Waals surface area contributed by atoms with E-state index in [1.165, 1.54) is 6.42 Å². The second kappa shape index (κ2) is 16.4. The number of alkyl halides is 3. The summed E-state index contributed by atoms with van der Waals surface area (Å²) in [5, 5.41) is 21.6. The van der Waals surface area contributed by atoms with Crippen molar-refractivity contribution in [2.24, 2.45) is 10.9 Å². The number of aliphatic hydroxyl groups excluding tert-OH is 1. The van der Waals surface area contributed by atoms with Gasteiger partial charge in [0.15, 0.2) is 5.60 Å². The van der Waals surface area contributed by atoms with Gasteiger partial charge in [-0.05, 0) is 107 Å². The minimum absolute atomic E-state index is 0.142. The molecule has 0 aromatic carbocycles. The Kier molecular flexibility index (Phi) is 13.9. The van der Waals surface area contributed by atoms with E-state index in [2.05, 4.69) is 33.4 Å². The van der Waals surface area contributed by atoms with E-state index in [-0.39, 0.29) is 18.2 Å². The standard InChI is InChI=1S/C31H47F3N4O2.C2H6/c1-6-13-37(7-2)29(35-5)19-24-17-26(36-23(24)4)21-30(40,31(32,33)34)20-22(3)16-25-18-27(11-12-28(25)39)38-14-9-8-10-15-38;1-2/h12,17-19,22,27,36,39-40H,5-11,13-16,20-21H2,1-4H3;1-2H3/b29-19+;. The van der Waals surface area contributed by atoms with Crippen LogP contribution in [0.3, 0.4) is 0 Å². The molecule has 1 aromatic heterocycles. The highest BCUT2D eigenvalue weighted by Gasteiger charge is 2.54. The van der Waals surface area contributed by atoms with Crippen LogP contribution in [0, 0.1) is 12.8 Å². The van der Waals surface area contributed by atoms with E-state index in [9.17, 15) is 23.4 Å². The first kappa shape index (κ1) is 35.7. The number of nitrogens with zero attached hydrogens (tertiary/aromatic N) is 3. The van der Waals surface area contributed by atoms with Gasteiger partial charge >= 0.3 is 6.18 Å². The Balaban J connectivity index is 0.00000301. The molecule has 0 spiro atoms. The van der Waals surface area contributed by atoms with Crippen molar-refractivity contribution in [3.8, 4) is 0 Å². The molecule has 2 heterocycles. The maximum absolute atomic E-state index is 14.3. The number of aromatic amines is 1. The Morgan fingerprint density at radius 3 is 2.48 bits per heavy atom. The largest absolute Gasteiger partial charge is 0.508 e. The summed E-state index contributed by atoms with van der Waals surface area (Å²) in [6.07, 6.45) is 5.13. The number of aliphatic hydroxyl groups is 2. The Bertz CT molecular complexity index is 1090. The zero-order valence-electron chi connectivity index (χ0n) is 26.5. The molecule has 0 amide bonds. The Labute approximate surface area is 251 Å². The Hall–Kier alpha value is -2.52. The molecule has 1 aliphatic carbocycles. The van der Waals surface area contributed by atoms with Crippen molar-refractivity contribution in [2.45, 2.75) is 111 Å². The van der Waals surface area contributed by atoms with Crippen molar-refractivity contribution < 1.29 is 23.4 Å². The average molecular weight is 595 g/mol. The number of aliphatic imine (C=N–C) groups is 1. The fraction of sp³-hybridized carbons (Fsp3) is 0.667. The lowest BCUT2D eigenvalue weighted by atomic mass is 9.82. The molecule has 3 unspecified atom stereocenters. The highest BCUT2D eigenvalue weighted by Crippen LogP contribution is 2.40. The molecule has 6 nitrogen and oxygen atoms in total. The van der Waals surface area contributed by atoms with Crippen LogP contribution in [0.1, 0.15) is 96.5 Å². The van der Waals surface area contributed by atoms with Crippen LogP contribution < -0.4 is 0 Å². The number of rotatable bonds is 13. The molecule has 1 aliphatic heterocycles. The van der Waals surface area contributed by atoms with E-state index in [0.29, 0.717) is 29.2 Å². The van der Waals surface area contributed by atoms with Gasteiger partial charge < -0.3 is 20.1 Å². The number of nitrogens with one attached hydrogen (secondary N) is 1. The molecule has 1 saturated heterocycles. The Morgan fingerprint density at radius 1 is 1.24 bits per heavy atom. The summed E-state index contributed by atoms with van der Waals surface area (Å²) < 4.78 is 43.0. The third kappa shape index (κ3) is 9.49. The number of aromatic nitrogens is 1. The van der Waals surface area contributed by atoms with Crippen LogP contribution in [0.5, 0.6) is 0 Å². The SMILES string of the molecule is C=N/C(=C\c1cc(CC(O)(CC(C)CC2=CC(N3CCCCC3)CC=C2O)C(F)(F)F)[nH]c1C)N(CC)CCC.CC. The first-order chi connectivity index (χ1) is 19.9. The number of halogens is 3. The number of hydrogen-bond acceptors (Lipinski definition) is 5. The van der Waals surface area contributed by atoms with Crippen molar-refractivity contribution in [3.63, 3.8) is 0 Å². The molecule has 42 heavy (non-hydrogen) atoms. The average Bonchev–Trinajstić information content (AvgIpc) is 3.30. The number of aryl methyl sites for hydroxylation is 1. The molecule has 3 rings (SSSR count). The lowest BCUT2D eigenvalue weighted by Crippen LogP contribution is -2.48. The molecule has 2 aliphatic rings. The van der Waals surface area contributed by atoms with E-state index in [4.69, 9.17) is 0 Å². The van der Waals surface area contributed by atoms with Gasteiger partial charge in [-0.25, -0.2) is 4.99 Å². The third-order valence-electron chi connectivity index (χ3n) is 8.16. The summed E-state index contributed by atoms with van der Waals surface area (Å²) in [4.78, 5) is 11.6. The van der Waals surface area contributed by atoms with Crippen LogP contribution in [-0.2, 0) is 6.42 Å². The summed E-state index contributed by atoms with van der Waals surface area (Å²) in [6, 6.07) is 1.81. The molecule has 3 atom stereocenters. The zero-order chi connectivity index (χ0) is 31.5. The van der Waals surface area contributed by atoms with Gasteiger partial charge in [0.05, 0.1) is 0 Å². The highest BCUT2D eigenvalue weighted by atomic mass is 19.4. The molecule has 238 valence electrons. The van der Waals surface area contributed by atoms with E-state index in [1.54, 1.807) is 26.0 Å². The summed E-state index contributed by atoms with van der Waals surface area (Å²) >= 11 is 0. The number of likely N-dealkylation sites (tertiary alicyclic amines) is 1. The smallest absolute Gasteiger partial charge is 0.417 e. The van der Waals surface area contributed by atoms with Crippen LogP contribution in [-0.4, -0.2) is 75.7 Å². The predicted molar refractivity (Wildman–Crippen MR) is 168 cm³/mol. The number of allylic oxidation sites excluding steroid dienone is 1. The topological polar surface area (TPSA) is 75.1 Å². The van der Waals surface area contributed by atoms with Gasteiger partial charge in [0, 0.05) is 36.9 Å². The van der Waals surface area contributed by atoms with Crippen LogP contribution in [0.25, 0.3) is 6.08 Å². The third-order valence-corrected chi connectivity index (χ3v) is 8.16. The van der Waals surface area contributed by atoms with Crippen molar-refractivity contribution in [1.82, 2.24) is 14.8 Å². The minimum atomic E-state index is -4.82. The molecule has 0 radical (unpaired) electrons. The predicted octanol–water partition coefficient (Wildman–Crippen LogP) is 7.96. The highest BCUT2D eigenvalue weighted by molar-refractivity contribution is 5.57. The van der Waals surface area contributed by atoms with Crippen molar-refractivity contribution in [2.75, 3.05) is 26.2 Å². The maximum Gasteiger partial charge on any atom is 0.417 e. The lowest BCUT2D eigenvalue weighted by Gasteiger charge is -2.35. The number of H-pyrrole nitrogens is 1. The molecule has 3 N–H and O–H groups in total. The first-order valence-electron chi connectivity index (χ1n) is 15.7. The zero-order valence-corrected chi connectivity index (χ0v) is 26.5. The van der Waals surface area contributed by atoms with E-state index < -0.39 is 30.5 Å². The van der Waals surface area contributed by atoms with Gasteiger partial charge in [-0.2, -0.15) is 13.2 Å². The van der Waals surface area contributed by atoms with Crippen LogP contribution in [0.2, 0.25) is 0 Å². The first-order valence-corrected chi connectivity index (χ1v) is 15.7. The molecule has 0 bridgehead atoms. The molecule has 1 aromatic rings.